The van der Waals surface area contributed by atoms with E-state index in [0.717, 1.165) is 0 Å². The van der Waals surface area contributed by atoms with Crippen LogP contribution in [0.1, 0.15) is 13.8 Å². The van der Waals surface area contributed by atoms with E-state index in [1.54, 1.807) is 0 Å². The van der Waals surface area contributed by atoms with Crippen molar-refractivity contribution in [3.05, 3.63) is 91.0 Å². The van der Waals surface area contributed by atoms with Crippen LogP contribution in [0.5, 0.6) is 0 Å². The van der Waals surface area contributed by atoms with E-state index in [1.165, 1.54) is 13.1 Å². The molecular formula is C24H27AsBrNO. The van der Waals surface area contributed by atoms with E-state index in [1.807, 2.05) is 18.2 Å². The maximum atomic E-state index is 13.0. The van der Waals surface area contributed by atoms with Gasteiger partial charge in [0.15, 0.2) is 0 Å². The molecule has 3 rings (SSSR count). The van der Waals surface area contributed by atoms with Crippen molar-refractivity contribution in [1.29, 1.82) is 0 Å². The van der Waals surface area contributed by atoms with Crippen molar-refractivity contribution in [3.8, 4) is 0 Å². The number of carbonyl (C=O) groups excluding carboxylic acids is 1. The Hall–Kier alpha value is -1.83. The molecular weight excluding hydrogens is 473 g/mol. The summed E-state index contributed by atoms with van der Waals surface area (Å²) in [5, 5.41) is 3.70. The predicted octanol–water partition coefficient (Wildman–Crippen LogP) is -0.0670. The fourth-order valence-electron chi connectivity index (χ4n) is 3.36. The molecule has 28 heavy (non-hydrogen) atoms. The quantitative estimate of drug-likeness (QED) is 0.453. The van der Waals surface area contributed by atoms with Gasteiger partial charge in [-0.3, -0.25) is 0 Å². The van der Waals surface area contributed by atoms with E-state index in [-0.39, 0.29) is 22.9 Å². The Morgan fingerprint density at radius 2 is 1.11 bits per heavy atom. The van der Waals surface area contributed by atoms with E-state index in [9.17, 15) is 4.79 Å². The Balaban J connectivity index is 0.00000280. The standard InChI is InChI=1S/C24H26AsNO.BrH/c1-20(2)19-26-24(27)18-25(21-12-6-3-7-13-21,22-14-8-4-9-15-22)23-16-10-5-11-17-23;/h3-17,20H,18-19H2,1-2H3;1H. The summed E-state index contributed by atoms with van der Waals surface area (Å²) in [5.41, 5.74) is 0. The van der Waals surface area contributed by atoms with Crippen LogP contribution in [0.15, 0.2) is 91.0 Å². The normalized spacial score (nSPS) is 11.0. The van der Waals surface area contributed by atoms with E-state index in [4.69, 9.17) is 0 Å². The third-order valence-electron chi connectivity index (χ3n) is 4.68. The van der Waals surface area contributed by atoms with Crippen LogP contribution >= 0.6 is 0 Å². The van der Waals surface area contributed by atoms with Crippen LogP contribution < -0.4 is 35.4 Å². The summed E-state index contributed by atoms with van der Waals surface area (Å²) in [5.74, 6) is 0.590. The molecule has 2 nitrogen and oxygen atoms in total. The van der Waals surface area contributed by atoms with Crippen molar-refractivity contribution in [3.63, 3.8) is 0 Å². The van der Waals surface area contributed by atoms with Gasteiger partial charge in [-0.2, -0.15) is 0 Å². The molecule has 0 unspecified atom stereocenters. The van der Waals surface area contributed by atoms with Crippen molar-refractivity contribution in [2.24, 2.45) is 5.92 Å². The van der Waals surface area contributed by atoms with Gasteiger partial charge < -0.3 is 17.0 Å². The van der Waals surface area contributed by atoms with Gasteiger partial charge in [-0.15, -0.1) is 0 Å². The van der Waals surface area contributed by atoms with Crippen LogP contribution in [0.3, 0.4) is 0 Å². The second-order valence-corrected chi connectivity index (χ2v) is 14.5. The van der Waals surface area contributed by atoms with Crippen LogP contribution in [0.2, 0.25) is 5.21 Å². The molecule has 0 aliphatic heterocycles. The number of nitrogens with one attached hydrogen (secondary N) is 1. The van der Waals surface area contributed by atoms with Gasteiger partial charge in [0, 0.05) is 0 Å². The fourth-order valence-corrected chi connectivity index (χ4v) is 11.8. The SMILES string of the molecule is CC(C)CNC(=O)C[As+](c1ccccc1)(c1ccccc1)c1ccccc1.[Br-]. The minimum absolute atomic E-state index is 0. The van der Waals surface area contributed by atoms with E-state index >= 15 is 0 Å². The van der Waals surface area contributed by atoms with Crippen molar-refractivity contribution in [2.45, 2.75) is 19.1 Å². The zero-order valence-electron chi connectivity index (χ0n) is 16.4. The zero-order valence-corrected chi connectivity index (χ0v) is 19.8. The molecule has 1 N–H and O–H groups in total. The van der Waals surface area contributed by atoms with Gasteiger partial charge >= 0.3 is 165 Å². The third kappa shape index (κ3) is 5.15. The molecule has 0 spiro atoms. The summed E-state index contributed by atoms with van der Waals surface area (Å²) in [6.45, 7) is 4.96. The fraction of sp³-hybridized carbons (Fsp3) is 0.208. The first kappa shape index (κ1) is 22.5. The summed E-state index contributed by atoms with van der Waals surface area (Å²) >= 11 is -2.93. The molecule has 0 aliphatic carbocycles. The molecule has 0 bridgehead atoms. The van der Waals surface area contributed by atoms with Crippen LogP contribution in [0.25, 0.3) is 0 Å². The molecule has 4 heteroatoms. The molecule has 1 amide bonds. The van der Waals surface area contributed by atoms with Crippen molar-refractivity contribution in [1.82, 2.24) is 5.32 Å². The second-order valence-electron chi connectivity index (χ2n) is 7.17. The Labute approximate surface area is 181 Å². The van der Waals surface area contributed by atoms with Crippen LogP contribution in [0.4, 0.5) is 0 Å². The van der Waals surface area contributed by atoms with Gasteiger partial charge in [-0.1, -0.05) is 0 Å². The Bertz CT molecular complexity index is 757. The smallest absolute Gasteiger partial charge is 1.00 e. The maximum Gasteiger partial charge on any atom is -1.00 e. The Morgan fingerprint density at radius 3 is 1.43 bits per heavy atom. The average Bonchev–Trinajstić information content (AvgIpc) is 2.72. The second kappa shape index (κ2) is 10.6. The summed E-state index contributed by atoms with van der Waals surface area (Å²) in [6, 6.07) is 31.8. The number of halogens is 1. The van der Waals surface area contributed by atoms with Crippen LogP contribution in [0, 0.1) is 5.92 Å². The summed E-state index contributed by atoms with van der Waals surface area (Å²) in [6.07, 6.45) is 0. The minimum atomic E-state index is -2.93. The molecule has 0 aromatic heterocycles. The average molecular weight is 500 g/mol. The van der Waals surface area contributed by atoms with Gasteiger partial charge in [0.05, 0.1) is 0 Å². The van der Waals surface area contributed by atoms with Gasteiger partial charge in [0.1, 0.15) is 0 Å². The number of carbonyl (C=O) groups is 1. The van der Waals surface area contributed by atoms with Gasteiger partial charge in [-0.25, -0.2) is 0 Å². The molecule has 3 aromatic carbocycles. The molecule has 0 aliphatic rings. The Kier molecular flexibility index (Phi) is 8.54. The topological polar surface area (TPSA) is 29.1 Å². The molecule has 0 atom stereocenters. The molecule has 0 heterocycles. The number of hydrogen-bond acceptors (Lipinski definition) is 1. The molecule has 0 radical (unpaired) electrons. The first-order chi connectivity index (χ1) is 13.1. The zero-order chi connectivity index (χ0) is 19.1. The van der Waals surface area contributed by atoms with Gasteiger partial charge in [-0.05, 0) is 0 Å². The first-order valence-corrected chi connectivity index (χ1v) is 13.6. The van der Waals surface area contributed by atoms with Crippen LogP contribution in [-0.2, 0) is 4.79 Å². The summed E-state index contributed by atoms with van der Waals surface area (Å²) in [7, 11) is 0. The predicted molar refractivity (Wildman–Crippen MR) is 117 cm³/mol. The largest absolute Gasteiger partial charge is 1.00 e. The summed E-state index contributed by atoms with van der Waals surface area (Å²) in [4.78, 5) is 13.0. The molecule has 0 saturated heterocycles. The number of hydrogen-bond donors (Lipinski definition) is 1. The third-order valence-corrected chi connectivity index (χ3v) is 13.7. The Morgan fingerprint density at radius 1 is 0.750 bits per heavy atom. The van der Waals surface area contributed by atoms with Crippen molar-refractivity contribution < 1.29 is 21.8 Å². The number of benzene rings is 3. The van der Waals surface area contributed by atoms with Crippen molar-refractivity contribution in [2.75, 3.05) is 6.54 Å². The van der Waals surface area contributed by atoms with Gasteiger partial charge in [0.25, 0.3) is 0 Å². The number of rotatable bonds is 7. The molecule has 0 saturated carbocycles. The number of amides is 1. The van der Waals surface area contributed by atoms with Crippen molar-refractivity contribution >= 4 is 32.5 Å². The molecule has 0 fully saturated rings. The summed E-state index contributed by atoms with van der Waals surface area (Å²) < 4.78 is 3.90. The molecule has 3 aromatic rings. The monoisotopic (exact) mass is 499 g/mol. The van der Waals surface area contributed by atoms with Crippen LogP contribution in [-0.4, -0.2) is 26.0 Å². The minimum Gasteiger partial charge on any atom is -1.00 e. The molecule has 146 valence electrons. The van der Waals surface area contributed by atoms with E-state index in [2.05, 4.69) is 92.0 Å². The van der Waals surface area contributed by atoms with E-state index in [0.29, 0.717) is 17.7 Å². The van der Waals surface area contributed by atoms with Gasteiger partial charge in [0.2, 0.25) is 0 Å². The van der Waals surface area contributed by atoms with E-state index < -0.39 is 13.6 Å². The first-order valence-electron chi connectivity index (χ1n) is 9.44. The maximum absolute atomic E-state index is 13.0.